The summed E-state index contributed by atoms with van der Waals surface area (Å²) in [6.45, 7) is -0.0265. The van der Waals surface area contributed by atoms with Crippen molar-refractivity contribution in [3.05, 3.63) is 18.2 Å². The number of amides is 1. The second-order valence-corrected chi connectivity index (χ2v) is 5.41. The summed E-state index contributed by atoms with van der Waals surface area (Å²) in [5, 5.41) is 19.0. The number of aliphatic hydroxyl groups is 1. The summed E-state index contributed by atoms with van der Waals surface area (Å²) in [4.78, 5) is 12.2. The summed E-state index contributed by atoms with van der Waals surface area (Å²) in [6, 6.07) is 3.07. The first-order chi connectivity index (χ1) is 8.29. The molecule has 0 bridgehead atoms. The van der Waals surface area contributed by atoms with Crippen LogP contribution in [0.1, 0.15) is 6.42 Å². The molecule has 1 aliphatic heterocycles. The van der Waals surface area contributed by atoms with E-state index < -0.39 is 27.0 Å². The maximum Gasteiger partial charge on any atom is 0.294 e. The van der Waals surface area contributed by atoms with Crippen molar-refractivity contribution in [2.24, 2.45) is 0 Å². The molecule has 1 aliphatic rings. The molecule has 7 nitrogen and oxygen atoms in total. The third kappa shape index (κ3) is 2.30. The molecule has 1 atom stereocenters. The second-order valence-electron chi connectivity index (χ2n) is 3.99. The number of anilines is 1. The average molecular weight is 273 g/mol. The van der Waals surface area contributed by atoms with Gasteiger partial charge in [0.25, 0.3) is 10.1 Å². The van der Waals surface area contributed by atoms with E-state index >= 15 is 0 Å². The first kappa shape index (κ1) is 12.8. The van der Waals surface area contributed by atoms with Gasteiger partial charge in [0.2, 0.25) is 5.91 Å². The van der Waals surface area contributed by atoms with Crippen LogP contribution in [0.4, 0.5) is 5.69 Å². The molecule has 0 radical (unpaired) electrons. The molecule has 1 fully saturated rings. The zero-order valence-electron chi connectivity index (χ0n) is 9.15. The molecule has 0 aromatic heterocycles. The highest BCUT2D eigenvalue weighted by Crippen LogP contribution is 2.32. The minimum absolute atomic E-state index is 0.0265. The van der Waals surface area contributed by atoms with Crippen LogP contribution in [0.2, 0.25) is 0 Å². The first-order valence-electron chi connectivity index (χ1n) is 5.08. The number of aromatic hydroxyl groups is 1. The topological polar surface area (TPSA) is 115 Å². The van der Waals surface area contributed by atoms with Crippen LogP contribution in [0.5, 0.6) is 5.75 Å². The summed E-state index contributed by atoms with van der Waals surface area (Å²) in [5.74, 6) is -0.727. The molecule has 0 saturated carbocycles. The van der Waals surface area contributed by atoms with Crippen molar-refractivity contribution in [1.29, 1.82) is 0 Å². The fourth-order valence-electron chi connectivity index (χ4n) is 1.80. The molecule has 1 aromatic rings. The van der Waals surface area contributed by atoms with Crippen LogP contribution in [0, 0.1) is 0 Å². The van der Waals surface area contributed by atoms with Crippen molar-refractivity contribution in [3.63, 3.8) is 0 Å². The van der Waals surface area contributed by atoms with E-state index in [9.17, 15) is 23.4 Å². The lowest BCUT2D eigenvalue weighted by Crippen LogP contribution is -2.25. The van der Waals surface area contributed by atoms with Gasteiger partial charge in [-0.05, 0) is 18.2 Å². The Bertz CT molecular complexity index is 596. The Balaban J connectivity index is 2.48. The zero-order valence-corrected chi connectivity index (χ0v) is 9.96. The number of phenolic OH excluding ortho intramolecular Hbond substituents is 1. The van der Waals surface area contributed by atoms with Crippen molar-refractivity contribution in [3.8, 4) is 5.75 Å². The number of carbonyl (C=O) groups is 1. The van der Waals surface area contributed by atoms with Gasteiger partial charge < -0.3 is 15.1 Å². The van der Waals surface area contributed by atoms with E-state index in [1.54, 1.807) is 0 Å². The van der Waals surface area contributed by atoms with Gasteiger partial charge in [0.05, 0.1) is 29.7 Å². The fourth-order valence-corrected chi connectivity index (χ4v) is 2.30. The van der Waals surface area contributed by atoms with Gasteiger partial charge >= 0.3 is 0 Å². The van der Waals surface area contributed by atoms with E-state index in [1.807, 2.05) is 0 Å². The van der Waals surface area contributed by atoms with Crippen LogP contribution >= 0.6 is 0 Å². The van der Waals surface area contributed by atoms with Gasteiger partial charge in [0, 0.05) is 0 Å². The predicted octanol–water partition coefficient (Wildman–Crippen LogP) is -0.264. The van der Waals surface area contributed by atoms with Crippen LogP contribution in [0.3, 0.4) is 0 Å². The largest absolute Gasteiger partial charge is 0.506 e. The first-order valence-corrected chi connectivity index (χ1v) is 6.52. The van der Waals surface area contributed by atoms with Gasteiger partial charge in [0.15, 0.2) is 0 Å². The third-order valence-corrected chi connectivity index (χ3v) is 3.49. The smallest absolute Gasteiger partial charge is 0.294 e. The van der Waals surface area contributed by atoms with Gasteiger partial charge in [0.1, 0.15) is 5.75 Å². The van der Waals surface area contributed by atoms with Crippen molar-refractivity contribution >= 4 is 21.7 Å². The number of rotatable bonds is 2. The Morgan fingerprint density at radius 2 is 2.00 bits per heavy atom. The molecular weight excluding hydrogens is 262 g/mol. The summed E-state index contributed by atoms with van der Waals surface area (Å²) < 4.78 is 30.9. The highest BCUT2D eigenvalue weighted by Gasteiger charge is 2.31. The minimum atomic E-state index is -4.41. The quantitative estimate of drug-likeness (QED) is 0.639. The van der Waals surface area contributed by atoms with E-state index in [0.717, 1.165) is 23.1 Å². The van der Waals surface area contributed by atoms with Crippen LogP contribution in [0.25, 0.3) is 0 Å². The maximum absolute atomic E-state index is 11.5. The molecule has 1 aromatic carbocycles. The van der Waals surface area contributed by atoms with E-state index in [4.69, 9.17) is 4.55 Å². The van der Waals surface area contributed by atoms with Crippen LogP contribution in [-0.2, 0) is 14.9 Å². The second kappa shape index (κ2) is 4.23. The molecule has 18 heavy (non-hydrogen) atoms. The number of phenols is 1. The summed E-state index contributed by atoms with van der Waals surface area (Å²) >= 11 is 0. The van der Waals surface area contributed by atoms with E-state index in [2.05, 4.69) is 0 Å². The molecule has 2 rings (SSSR count). The summed E-state index contributed by atoms with van der Waals surface area (Å²) in [7, 11) is -4.41. The highest BCUT2D eigenvalue weighted by atomic mass is 32.2. The normalized spacial score (nSPS) is 20.4. The Hall–Kier alpha value is -1.64. The molecule has 0 spiro atoms. The van der Waals surface area contributed by atoms with Crippen molar-refractivity contribution < 1.29 is 28.0 Å². The van der Waals surface area contributed by atoms with Crippen molar-refractivity contribution in [1.82, 2.24) is 0 Å². The van der Waals surface area contributed by atoms with Gasteiger partial charge in [-0.3, -0.25) is 9.35 Å². The molecule has 98 valence electrons. The molecule has 1 unspecified atom stereocenters. The fraction of sp³-hybridized carbons (Fsp3) is 0.300. The molecule has 3 N–H and O–H groups in total. The number of nitrogens with zero attached hydrogens (tertiary/aromatic N) is 1. The lowest BCUT2D eigenvalue weighted by Gasteiger charge is -2.17. The Morgan fingerprint density at radius 3 is 2.50 bits per heavy atom. The van der Waals surface area contributed by atoms with E-state index in [1.165, 1.54) is 0 Å². The van der Waals surface area contributed by atoms with Crippen molar-refractivity contribution in [2.45, 2.75) is 17.4 Å². The highest BCUT2D eigenvalue weighted by molar-refractivity contribution is 7.85. The van der Waals surface area contributed by atoms with Gasteiger partial charge in [-0.1, -0.05) is 0 Å². The summed E-state index contributed by atoms with van der Waals surface area (Å²) in [6.07, 6.45) is -0.943. The third-order valence-electron chi connectivity index (χ3n) is 2.64. The molecule has 1 saturated heterocycles. The molecule has 1 amide bonds. The van der Waals surface area contributed by atoms with Crippen LogP contribution < -0.4 is 4.90 Å². The average Bonchev–Trinajstić information content (AvgIpc) is 2.56. The monoisotopic (exact) mass is 273 g/mol. The van der Waals surface area contributed by atoms with Gasteiger partial charge in [-0.25, -0.2) is 0 Å². The lowest BCUT2D eigenvalue weighted by atomic mass is 10.2. The van der Waals surface area contributed by atoms with Crippen LogP contribution in [0.15, 0.2) is 23.1 Å². The lowest BCUT2D eigenvalue weighted by molar-refractivity contribution is -0.117. The van der Waals surface area contributed by atoms with Gasteiger partial charge in [-0.2, -0.15) is 8.42 Å². The number of hydrogen-bond donors (Lipinski definition) is 3. The molecule has 8 heteroatoms. The predicted molar refractivity (Wildman–Crippen MR) is 60.9 cm³/mol. The number of benzene rings is 1. The molecule has 1 heterocycles. The Morgan fingerprint density at radius 1 is 1.33 bits per heavy atom. The van der Waals surface area contributed by atoms with E-state index in [-0.39, 0.29) is 24.4 Å². The zero-order chi connectivity index (χ0) is 13.5. The number of β-amino-alcohol motifs (C(OH)–C–C–N with tert-alkyl or cyclic N) is 1. The Kier molecular flexibility index (Phi) is 3.01. The SMILES string of the molecule is O=C1CC(O)CN1c1cc(S(=O)(=O)O)ccc1O. The Labute approximate surface area is 103 Å². The summed E-state index contributed by atoms with van der Waals surface area (Å²) in [5.41, 5.74) is -0.0494. The maximum atomic E-state index is 11.5. The molecule has 0 aliphatic carbocycles. The standard InChI is InChI=1S/C10H11NO6S/c12-6-3-10(14)11(5-6)8-4-7(18(15,16)17)1-2-9(8)13/h1-2,4,6,12-13H,3,5H2,(H,15,16,17). The molecular formula is C10H11NO6S. The number of hydrogen-bond acceptors (Lipinski definition) is 5. The van der Waals surface area contributed by atoms with Gasteiger partial charge in [-0.15, -0.1) is 0 Å². The number of aliphatic hydroxyl groups excluding tert-OH is 1. The minimum Gasteiger partial charge on any atom is -0.506 e. The van der Waals surface area contributed by atoms with E-state index in [0.29, 0.717) is 0 Å². The van der Waals surface area contributed by atoms with Crippen LogP contribution in [-0.4, -0.2) is 41.7 Å². The van der Waals surface area contributed by atoms with Crippen molar-refractivity contribution in [2.75, 3.05) is 11.4 Å². The number of carbonyl (C=O) groups excluding carboxylic acids is 1.